The van der Waals surface area contributed by atoms with Gasteiger partial charge in [0.2, 0.25) is 0 Å². The van der Waals surface area contributed by atoms with Crippen LogP contribution in [0.1, 0.15) is 38.8 Å². The van der Waals surface area contributed by atoms with Crippen LogP contribution in [0.15, 0.2) is 10.4 Å². The zero-order chi connectivity index (χ0) is 17.9. The zero-order valence-electron chi connectivity index (χ0n) is 15.9. The molecule has 2 rings (SSSR count). The largest absolute Gasteiger partial charge is 0.381 e. The van der Waals surface area contributed by atoms with E-state index in [9.17, 15) is 0 Å². The molecule has 0 radical (unpaired) electrons. The van der Waals surface area contributed by atoms with Crippen LogP contribution in [0.4, 0.5) is 5.13 Å². The third-order valence-electron chi connectivity index (χ3n) is 4.02. The van der Waals surface area contributed by atoms with Gasteiger partial charge in [-0.1, -0.05) is 13.8 Å². The lowest BCUT2D eigenvalue weighted by Crippen LogP contribution is -2.39. The Labute approximate surface area is 156 Å². The fourth-order valence-electron chi connectivity index (χ4n) is 2.69. The summed E-state index contributed by atoms with van der Waals surface area (Å²) in [6.07, 6.45) is 4.49. The van der Waals surface area contributed by atoms with Gasteiger partial charge in [-0.15, -0.1) is 11.3 Å². The van der Waals surface area contributed by atoms with E-state index >= 15 is 0 Å². The minimum Gasteiger partial charge on any atom is -0.381 e. The molecule has 25 heavy (non-hydrogen) atoms. The topological polar surface area (TPSA) is 61.8 Å². The lowest BCUT2D eigenvalue weighted by molar-refractivity contribution is 0.108. The highest BCUT2D eigenvalue weighted by molar-refractivity contribution is 7.13. The standard InChI is InChI=1S/C18H33N5OS/c1-15(2)13-24-12-6-8-20-17(19-3)21-9-7-16-14-25-18(22-16)23-10-4-5-11-23/h14-15H,4-13H2,1-3H3,(H2,19,20,21). The SMILES string of the molecule is CN=C(NCCCOCC(C)C)NCCc1csc(N2CCCC2)n1. The van der Waals surface area contributed by atoms with Crippen LogP contribution in [-0.4, -0.2) is 57.4 Å². The van der Waals surface area contributed by atoms with Crippen molar-refractivity contribution in [1.82, 2.24) is 15.6 Å². The van der Waals surface area contributed by atoms with E-state index in [2.05, 4.69) is 39.8 Å². The Hall–Kier alpha value is -1.34. The van der Waals surface area contributed by atoms with E-state index in [4.69, 9.17) is 9.72 Å². The summed E-state index contributed by atoms with van der Waals surface area (Å²) in [7, 11) is 1.80. The molecule has 0 saturated carbocycles. The number of guanidine groups is 1. The molecule has 0 spiro atoms. The van der Waals surface area contributed by atoms with Crippen LogP contribution in [0, 0.1) is 5.92 Å². The van der Waals surface area contributed by atoms with Crippen LogP contribution in [0.5, 0.6) is 0 Å². The van der Waals surface area contributed by atoms with Gasteiger partial charge in [0.05, 0.1) is 5.69 Å². The fraction of sp³-hybridized carbons (Fsp3) is 0.778. The Morgan fingerprint density at radius 2 is 2.08 bits per heavy atom. The monoisotopic (exact) mass is 367 g/mol. The number of ether oxygens (including phenoxy) is 1. The Kier molecular flexibility index (Phi) is 9.04. The van der Waals surface area contributed by atoms with E-state index in [0.717, 1.165) is 63.9 Å². The lowest BCUT2D eigenvalue weighted by Gasteiger charge is -2.13. The third kappa shape index (κ3) is 7.61. The van der Waals surface area contributed by atoms with Crippen molar-refractivity contribution >= 4 is 22.4 Å². The van der Waals surface area contributed by atoms with E-state index in [1.54, 1.807) is 18.4 Å². The second kappa shape index (κ2) is 11.3. The van der Waals surface area contributed by atoms with Gasteiger partial charge in [0.15, 0.2) is 11.1 Å². The summed E-state index contributed by atoms with van der Waals surface area (Å²) in [4.78, 5) is 11.4. The molecule has 2 heterocycles. The number of nitrogens with one attached hydrogen (secondary N) is 2. The quantitative estimate of drug-likeness (QED) is 0.378. The predicted octanol–water partition coefficient (Wildman–Crippen LogP) is 2.51. The summed E-state index contributed by atoms with van der Waals surface area (Å²) >= 11 is 1.76. The number of thiazole rings is 1. The van der Waals surface area contributed by atoms with E-state index < -0.39 is 0 Å². The maximum Gasteiger partial charge on any atom is 0.190 e. The summed E-state index contributed by atoms with van der Waals surface area (Å²) in [5.41, 5.74) is 1.16. The molecular formula is C18H33N5OS. The van der Waals surface area contributed by atoms with Gasteiger partial charge >= 0.3 is 0 Å². The van der Waals surface area contributed by atoms with Crippen molar-refractivity contribution in [1.29, 1.82) is 0 Å². The van der Waals surface area contributed by atoms with Crippen LogP contribution in [0.25, 0.3) is 0 Å². The number of aliphatic imine (C=N–C) groups is 1. The first-order valence-corrected chi connectivity index (χ1v) is 10.3. The Morgan fingerprint density at radius 3 is 2.80 bits per heavy atom. The number of hydrogen-bond acceptors (Lipinski definition) is 5. The van der Waals surface area contributed by atoms with Gasteiger partial charge in [-0.2, -0.15) is 0 Å². The van der Waals surface area contributed by atoms with Gasteiger partial charge in [-0.3, -0.25) is 4.99 Å². The highest BCUT2D eigenvalue weighted by atomic mass is 32.1. The minimum absolute atomic E-state index is 0.596. The average molecular weight is 368 g/mol. The molecule has 7 heteroatoms. The normalized spacial score (nSPS) is 15.2. The first kappa shape index (κ1) is 20.0. The predicted molar refractivity (Wildman–Crippen MR) is 107 cm³/mol. The number of aromatic nitrogens is 1. The molecule has 0 aromatic carbocycles. The molecular weight excluding hydrogens is 334 g/mol. The van der Waals surface area contributed by atoms with Crippen molar-refractivity contribution in [2.75, 3.05) is 51.3 Å². The van der Waals surface area contributed by atoms with Gasteiger partial charge in [0, 0.05) is 58.2 Å². The first-order valence-electron chi connectivity index (χ1n) is 9.40. The molecule has 1 aromatic rings. The van der Waals surface area contributed by atoms with E-state index in [-0.39, 0.29) is 0 Å². The summed E-state index contributed by atoms with van der Waals surface area (Å²) < 4.78 is 5.58. The summed E-state index contributed by atoms with van der Waals surface area (Å²) in [6, 6.07) is 0. The number of anilines is 1. The molecule has 0 amide bonds. The second-order valence-corrected chi connectivity index (χ2v) is 7.65. The van der Waals surface area contributed by atoms with E-state index in [1.165, 1.54) is 18.0 Å². The maximum absolute atomic E-state index is 5.58. The van der Waals surface area contributed by atoms with Crippen molar-refractivity contribution in [3.63, 3.8) is 0 Å². The van der Waals surface area contributed by atoms with Crippen LogP contribution < -0.4 is 15.5 Å². The molecule has 2 N–H and O–H groups in total. The molecule has 1 aromatic heterocycles. The highest BCUT2D eigenvalue weighted by Crippen LogP contribution is 2.24. The summed E-state index contributed by atoms with van der Waals surface area (Å²) in [5, 5.41) is 10.0. The van der Waals surface area contributed by atoms with Gasteiger partial charge in [-0.25, -0.2) is 4.98 Å². The molecule has 6 nitrogen and oxygen atoms in total. The number of nitrogens with zero attached hydrogens (tertiary/aromatic N) is 3. The molecule has 0 bridgehead atoms. The molecule has 0 atom stereocenters. The Bertz CT molecular complexity index is 511. The van der Waals surface area contributed by atoms with Crippen molar-refractivity contribution in [3.8, 4) is 0 Å². The van der Waals surface area contributed by atoms with Gasteiger partial charge < -0.3 is 20.3 Å². The molecule has 1 saturated heterocycles. The smallest absolute Gasteiger partial charge is 0.190 e. The van der Waals surface area contributed by atoms with Crippen LogP contribution in [-0.2, 0) is 11.2 Å². The molecule has 1 fully saturated rings. The first-order chi connectivity index (χ1) is 12.2. The molecule has 142 valence electrons. The number of hydrogen-bond donors (Lipinski definition) is 2. The van der Waals surface area contributed by atoms with Gasteiger partial charge in [-0.05, 0) is 25.2 Å². The maximum atomic E-state index is 5.58. The number of rotatable bonds is 10. The van der Waals surface area contributed by atoms with E-state index in [0.29, 0.717) is 5.92 Å². The summed E-state index contributed by atoms with van der Waals surface area (Å²) in [6.45, 7) is 9.98. The Balaban J connectivity index is 1.58. The third-order valence-corrected chi connectivity index (χ3v) is 4.97. The fourth-order valence-corrected chi connectivity index (χ4v) is 3.61. The van der Waals surface area contributed by atoms with Gasteiger partial charge in [0.25, 0.3) is 0 Å². The average Bonchev–Trinajstić information content (AvgIpc) is 3.27. The molecule has 1 aliphatic rings. The van der Waals surface area contributed by atoms with Gasteiger partial charge in [0.1, 0.15) is 0 Å². The Morgan fingerprint density at radius 1 is 1.32 bits per heavy atom. The minimum atomic E-state index is 0.596. The molecule has 0 aliphatic carbocycles. The van der Waals surface area contributed by atoms with Crippen molar-refractivity contribution in [3.05, 3.63) is 11.1 Å². The zero-order valence-corrected chi connectivity index (χ0v) is 16.7. The van der Waals surface area contributed by atoms with Crippen LogP contribution in [0.2, 0.25) is 0 Å². The lowest BCUT2D eigenvalue weighted by atomic mass is 10.2. The summed E-state index contributed by atoms with van der Waals surface area (Å²) in [5.74, 6) is 1.44. The highest BCUT2D eigenvalue weighted by Gasteiger charge is 2.15. The van der Waals surface area contributed by atoms with Crippen molar-refractivity contribution < 1.29 is 4.74 Å². The molecule has 0 unspecified atom stereocenters. The van der Waals surface area contributed by atoms with Crippen molar-refractivity contribution in [2.24, 2.45) is 10.9 Å². The van der Waals surface area contributed by atoms with Crippen molar-refractivity contribution in [2.45, 2.75) is 39.5 Å². The molecule has 1 aliphatic heterocycles. The van der Waals surface area contributed by atoms with Crippen LogP contribution >= 0.6 is 11.3 Å². The van der Waals surface area contributed by atoms with E-state index in [1.807, 2.05) is 0 Å². The second-order valence-electron chi connectivity index (χ2n) is 6.81. The van der Waals surface area contributed by atoms with Crippen LogP contribution in [0.3, 0.4) is 0 Å².